The molecule has 0 fully saturated rings. The fourth-order valence-corrected chi connectivity index (χ4v) is 2.20. The maximum Gasteiger partial charge on any atom is 0.139 e. The molecule has 0 amide bonds. The van der Waals surface area contributed by atoms with Gasteiger partial charge in [-0.1, -0.05) is 12.1 Å². The van der Waals surface area contributed by atoms with Crippen molar-refractivity contribution in [1.29, 1.82) is 4.78 Å². The molecule has 17 heavy (non-hydrogen) atoms. The van der Waals surface area contributed by atoms with Crippen molar-refractivity contribution in [3.63, 3.8) is 0 Å². The zero-order chi connectivity index (χ0) is 12.1. The molecule has 2 rings (SSSR count). The van der Waals surface area contributed by atoms with E-state index in [1.165, 1.54) is 11.6 Å². The molecule has 0 radical (unpaired) electrons. The highest BCUT2D eigenvalue weighted by molar-refractivity contribution is 7.95. The van der Waals surface area contributed by atoms with Crippen molar-refractivity contribution in [3.8, 4) is 0 Å². The third kappa shape index (κ3) is 2.98. The second-order valence-electron chi connectivity index (χ2n) is 3.33. The van der Waals surface area contributed by atoms with Crippen molar-refractivity contribution in [2.24, 2.45) is 0 Å². The van der Waals surface area contributed by atoms with Crippen molar-refractivity contribution in [1.82, 2.24) is 9.97 Å². The van der Waals surface area contributed by atoms with Gasteiger partial charge in [-0.15, -0.1) is 0 Å². The first-order valence-corrected chi connectivity index (χ1v) is 6.59. The Labute approximate surface area is 100 Å². The number of aromatic nitrogens is 2. The third-order valence-electron chi connectivity index (χ3n) is 2.07. The minimum absolute atomic E-state index is 0.257. The lowest BCUT2D eigenvalue weighted by molar-refractivity contribution is 0.678. The predicted molar refractivity (Wildman–Crippen MR) is 66.6 cm³/mol. The molecular weight excluding hydrogens is 234 g/mol. The van der Waals surface area contributed by atoms with Crippen LogP contribution in [-0.2, 0) is 9.73 Å². The van der Waals surface area contributed by atoms with Crippen LogP contribution in [0.3, 0.4) is 0 Å². The van der Waals surface area contributed by atoms with Gasteiger partial charge in [-0.3, -0.25) is 4.98 Å². The fraction of sp³-hybridized carbons (Fsp3) is 0. The Morgan fingerprint density at radius 3 is 2.35 bits per heavy atom. The molecule has 2 aromatic rings. The Bertz CT molecular complexity index is 607. The van der Waals surface area contributed by atoms with Gasteiger partial charge in [0.2, 0.25) is 0 Å². The summed E-state index contributed by atoms with van der Waals surface area (Å²) in [5.41, 5.74) is 0.670. The van der Waals surface area contributed by atoms with E-state index >= 15 is 0 Å². The van der Waals surface area contributed by atoms with Gasteiger partial charge in [0.15, 0.2) is 0 Å². The largest absolute Gasteiger partial charge is 0.257 e. The summed E-state index contributed by atoms with van der Waals surface area (Å²) >= 11 is 0. The summed E-state index contributed by atoms with van der Waals surface area (Å²) in [4.78, 5) is 7.99. The van der Waals surface area contributed by atoms with Gasteiger partial charge in [-0.05, 0) is 30.3 Å². The molecule has 0 spiro atoms. The number of nitrogens with one attached hydrogen (secondary N) is 1. The molecule has 1 atom stereocenters. The van der Waals surface area contributed by atoms with Crippen molar-refractivity contribution in [2.75, 3.05) is 0 Å². The van der Waals surface area contributed by atoms with Gasteiger partial charge in [0, 0.05) is 17.8 Å². The summed E-state index contributed by atoms with van der Waals surface area (Å²) in [5, 5.41) is 1.59. The van der Waals surface area contributed by atoms with Crippen molar-refractivity contribution in [3.05, 3.63) is 59.9 Å². The molecule has 0 saturated carbocycles. The highest BCUT2D eigenvalue weighted by Gasteiger charge is 2.06. The van der Waals surface area contributed by atoms with E-state index in [2.05, 4.69) is 9.97 Å². The molecule has 5 heteroatoms. The van der Waals surface area contributed by atoms with E-state index in [-0.39, 0.29) is 5.03 Å². The Kier molecular flexibility index (Phi) is 3.30. The maximum absolute atomic E-state index is 12.1. The minimum atomic E-state index is -2.99. The van der Waals surface area contributed by atoms with Crippen LogP contribution in [0.1, 0.15) is 5.69 Å². The van der Waals surface area contributed by atoms with Crippen LogP contribution in [0.2, 0.25) is 0 Å². The highest BCUT2D eigenvalue weighted by Crippen LogP contribution is 2.10. The molecule has 0 aliphatic heterocycles. The number of rotatable bonds is 3. The van der Waals surface area contributed by atoms with Crippen LogP contribution in [0, 0.1) is 4.78 Å². The Morgan fingerprint density at radius 2 is 1.76 bits per heavy atom. The van der Waals surface area contributed by atoms with Gasteiger partial charge in [-0.2, -0.15) is 0 Å². The Balaban J connectivity index is 2.28. The number of hydrogen-bond donors (Lipinski definition) is 1. The molecule has 1 unspecified atom stereocenters. The topological polar surface area (TPSA) is 66.7 Å². The van der Waals surface area contributed by atoms with E-state index in [1.54, 1.807) is 42.6 Å². The molecule has 2 heterocycles. The average molecular weight is 245 g/mol. The molecule has 0 bridgehead atoms. The van der Waals surface area contributed by atoms with E-state index in [4.69, 9.17) is 4.78 Å². The summed E-state index contributed by atoms with van der Waals surface area (Å²) in [5.74, 6) is 0. The monoisotopic (exact) mass is 245 g/mol. The smallest absolute Gasteiger partial charge is 0.139 e. The number of hydrogen-bond acceptors (Lipinski definition) is 4. The van der Waals surface area contributed by atoms with Crippen LogP contribution in [-0.4, -0.2) is 14.2 Å². The summed E-state index contributed by atoms with van der Waals surface area (Å²) < 4.78 is 19.8. The van der Waals surface area contributed by atoms with Crippen LogP contribution >= 0.6 is 0 Å². The predicted octanol–water partition coefficient (Wildman–Crippen LogP) is 2.55. The van der Waals surface area contributed by atoms with Crippen LogP contribution < -0.4 is 0 Å². The Morgan fingerprint density at radius 1 is 1.06 bits per heavy atom. The van der Waals surface area contributed by atoms with E-state index in [0.29, 0.717) is 5.69 Å². The van der Waals surface area contributed by atoms with Crippen molar-refractivity contribution < 1.29 is 4.21 Å². The second-order valence-corrected chi connectivity index (χ2v) is 5.22. The van der Waals surface area contributed by atoms with Gasteiger partial charge >= 0.3 is 0 Å². The first-order valence-electron chi connectivity index (χ1n) is 4.97. The summed E-state index contributed by atoms with van der Waals surface area (Å²) in [6.07, 6.45) is 4.74. The first-order chi connectivity index (χ1) is 8.18. The lowest BCUT2D eigenvalue weighted by atomic mass is 10.3. The average Bonchev–Trinajstić information content (AvgIpc) is 2.39. The van der Waals surface area contributed by atoms with E-state index < -0.39 is 9.73 Å². The van der Waals surface area contributed by atoms with E-state index in [0.717, 1.165) is 0 Å². The molecule has 86 valence electrons. The van der Waals surface area contributed by atoms with Crippen molar-refractivity contribution in [2.45, 2.75) is 5.03 Å². The molecule has 0 aromatic carbocycles. The van der Waals surface area contributed by atoms with Gasteiger partial charge in [0.25, 0.3) is 0 Å². The maximum atomic E-state index is 12.1. The van der Waals surface area contributed by atoms with Gasteiger partial charge in [0.1, 0.15) is 14.8 Å². The van der Waals surface area contributed by atoms with Crippen LogP contribution in [0.25, 0.3) is 6.08 Å². The first kappa shape index (κ1) is 11.5. The molecular formula is C12H11N3OS. The normalized spacial score (nSPS) is 14.6. The van der Waals surface area contributed by atoms with Crippen LogP contribution in [0.15, 0.2) is 59.2 Å². The van der Waals surface area contributed by atoms with Crippen molar-refractivity contribution >= 4 is 15.8 Å². The lowest BCUT2D eigenvalue weighted by Gasteiger charge is -1.99. The standard InChI is InChI=1S/C12H11N3OS/c13-17(16,12-6-2-4-9-15-12)10-7-11-5-1-3-8-14-11/h1-10,13H/b10-7+. The van der Waals surface area contributed by atoms with E-state index in [1.807, 2.05) is 6.07 Å². The highest BCUT2D eigenvalue weighted by atomic mass is 32.2. The quantitative estimate of drug-likeness (QED) is 0.903. The van der Waals surface area contributed by atoms with Gasteiger partial charge in [0.05, 0.1) is 5.69 Å². The van der Waals surface area contributed by atoms with Crippen LogP contribution in [0.5, 0.6) is 0 Å². The summed E-state index contributed by atoms with van der Waals surface area (Å²) in [6.45, 7) is 0. The van der Waals surface area contributed by atoms with E-state index in [9.17, 15) is 4.21 Å². The van der Waals surface area contributed by atoms with Gasteiger partial charge < -0.3 is 0 Å². The summed E-state index contributed by atoms with van der Waals surface area (Å²) in [6, 6.07) is 10.4. The second kappa shape index (κ2) is 4.88. The molecule has 0 aliphatic carbocycles. The SMILES string of the molecule is N=S(=O)(/C=C/c1ccccn1)c1ccccn1. The molecule has 2 aromatic heterocycles. The number of nitrogens with zero attached hydrogens (tertiary/aromatic N) is 2. The molecule has 1 N–H and O–H groups in total. The number of pyridine rings is 2. The Hall–Kier alpha value is -2.01. The molecule has 0 aliphatic rings. The van der Waals surface area contributed by atoms with Gasteiger partial charge in [-0.25, -0.2) is 14.0 Å². The third-order valence-corrected chi connectivity index (χ3v) is 3.45. The minimum Gasteiger partial charge on any atom is -0.257 e. The lowest BCUT2D eigenvalue weighted by Crippen LogP contribution is -1.96. The zero-order valence-corrected chi connectivity index (χ0v) is 9.80. The fourth-order valence-electron chi connectivity index (χ4n) is 1.24. The molecule has 4 nitrogen and oxygen atoms in total. The summed E-state index contributed by atoms with van der Waals surface area (Å²) in [7, 11) is -2.99. The molecule has 0 saturated heterocycles. The van der Waals surface area contributed by atoms with Crippen LogP contribution in [0.4, 0.5) is 0 Å². The zero-order valence-electron chi connectivity index (χ0n) is 8.98.